The highest BCUT2D eigenvalue weighted by Crippen LogP contribution is 2.33. The molecular formula is C18H19N3O6S2. The van der Waals surface area contributed by atoms with Crippen molar-refractivity contribution in [1.82, 2.24) is 9.21 Å². The zero-order valence-corrected chi connectivity index (χ0v) is 17.6. The Morgan fingerprint density at radius 2 is 1.76 bits per heavy atom. The van der Waals surface area contributed by atoms with Gasteiger partial charge >= 0.3 is 16.2 Å². The summed E-state index contributed by atoms with van der Waals surface area (Å²) in [6, 6.07) is 7.92. The lowest BCUT2D eigenvalue weighted by Gasteiger charge is -2.13. The summed E-state index contributed by atoms with van der Waals surface area (Å²) < 4.78 is 32.7. The Labute approximate surface area is 172 Å². The van der Waals surface area contributed by atoms with Gasteiger partial charge in [0.15, 0.2) is 0 Å². The Balaban J connectivity index is 1.93. The molecule has 3 rings (SSSR count). The molecule has 1 N–H and O–H groups in total. The van der Waals surface area contributed by atoms with Crippen LogP contribution in [0.1, 0.15) is 42.9 Å². The monoisotopic (exact) mass is 437 g/mol. The fourth-order valence-electron chi connectivity index (χ4n) is 2.70. The molecule has 1 aromatic heterocycles. The van der Waals surface area contributed by atoms with E-state index < -0.39 is 28.0 Å². The molecule has 0 bridgehead atoms. The molecule has 0 spiro atoms. The van der Waals surface area contributed by atoms with Crippen molar-refractivity contribution in [1.29, 1.82) is 0 Å². The molecule has 2 aromatic rings. The molecule has 0 saturated heterocycles. The van der Waals surface area contributed by atoms with E-state index in [-0.39, 0.29) is 23.7 Å². The number of anilines is 1. The summed E-state index contributed by atoms with van der Waals surface area (Å²) in [5, 5.41) is 0.0590. The van der Waals surface area contributed by atoms with E-state index >= 15 is 0 Å². The number of fused-ring (bicyclic) bond motifs is 1. The minimum absolute atomic E-state index is 0.0221. The Hall–Kier alpha value is -2.76. The maximum absolute atomic E-state index is 12.6. The number of rotatable bonds is 7. The normalized spacial score (nSPS) is 13.7. The number of thiophene rings is 1. The van der Waals surface area contributed by atoms with Gasteiger partial charge in [-0.3, -0.25) is 19.2 Å². The third kappa shape index (κ3) is 4.02. The van der Waals surface area contributed by atoms with Gasteiger partial charge in [0.1, 0.15) is 5.00 Å². The van der Waals surface area contributed by atoms with Crippen molar-refractivity contribution in [3.63, 3.8) is 0 Å². The molecule has 2 heterocycles. The van der Waals surface area contributed by atoms with Crippen molar-refractivity contribution in [2.75, 3.05) is 25.4 Å². The maximum atomic E-state index is 12.6. The van der Waals surface area contributed by atoms with Crippen molar-refractivity contribution in [2.24, 2.45) is 0 Å². The van der Waals surface area contributed by atoms with Crippen molar-refractivity contribution >= 4 is 44.3 Å². The van der Waals surface area contributed by atoms with Gasteiger partial charge in [0.2, 0.25) is 0 Å². The number of benzene rings is 1. The van der Waals surface area contributed by atoms with Gasteiger partial charge in [-0.1, -0.05) is 12.1 Å². The van der Waals surface area contributed by atoms with Crippen molar-refractivity contribution in [2.45, 2.75) is 13.5 Å². The van der Waals surface area contributed by atoms with Gasteiger partial charge in [0.25, 0.3) is 11.8 Å². The molecule has 11 heteroatoms. The van der Waals surface area contributed by atoms with Crippen molar-refractivity contribution in [3.8, 4) is 0 Å². The van der Waals surface area contributed by atoms with E-state index in [0.29, 0.717) is 16.0 Å². The Bertz CT molecular complexity index is 1060. The number of nitrogens with one attached hydrogen (secondary N) is 1. The maximum Gasteiger partial charge on any atom is 0.341 e. The second kappa shape index (κ2) is 7.93. The topological polar surface area (TPSA) is 113 Å². The Morgan fingerprint density at radius 1 is 1.17 bits per heavy atom. The molecule has 29 heavy (non-hydrogen) atoms. The fourth-order valence-corrected chi connectivity index (χ4v) is 4.60. The van der Waals surface area contributed by atoms with E-state index in [2.05, 4.69) is 4.72 Å². The average Bonchev–Trinajstić information content (AvgIpc) is 3.16. The quantitative estimate of drug-likeness (QED) is 0.523. The van der Waals surface area contributed by atoms with Gasteiger partial charge in [-0.05, 0) is 25.1 Å². The van der Waals surface area contributed by atoms with Crippen molar-refractivity contribution < 1.29 is 27.5 Å². The number of hydrogen-bond acceptors (Lipinski definition) is 7. The van der Waals surface area contributed by atoms with Crippen molar-refractivity contribution in [3.05, 3.63) is 51.9 Å². The minimum atomic E-state index is -3.86. The van der Waals surface area contributed by atoms with Crippen LogP contribution in [0.25, 0.3) is 0 Å². The third-order valence-corrected chi connectivity index (χ3v) is 6.76. The minimum Gasteiger partial charge on any atom is -0.462 e. The summed E-state index contributed by atoms with van der Waals surface area (Å²) in [6.07, 6.45) is 0. The Morgan fingerprint density at radius 3 is 2.28 bits per heavy atom. The first-order valence-corrected chi connectivity index (χ1v) is 10.9. The van der Waals surface area contributed by atoms with Crippen LogP contribution in [0, 0.1) is 0 Å². The molecule has 154 valence electrons. The van der Waals surface area contributed by atoms with Gasteiger partial charge in [0, 0.05) is 19.0 Å². The summed E-state index contributed by atoms with van der Waals surface area (Å²) >= 11 is 0.964. The predicted octanol–water partition coefficient (Wildman–Crippen LogP) is 1.94. The van der Waals surface area contributed by atoms with Gasteiger partial charge in [-0.15, -0.1) is 11.3 Å². The number of amides is 2. The zero-order valence-electron chi connectivity index (χ0n) is 16.0. The number of esters is 1. The molecule has 9 nitrogen and oxygen atoms in total. The van der Waals surface area contributed by atoms with E-state index in [1.54, 1.807) is 31.2 Å². The lowest BCUT2D eigenvalue weighted by molar-refractivity contribution is 0.0527. The van der Waals surface area contributed by atoms with Crippen LogP contribution in [-0.2, 0) is 21.5 Å². The van der Waals surface area contributed by atoms with Crippen LogP contribution >= 0.6 is 11.3 Å². The van der Waals surface area contributed by atoms with Crippen LogP contribution < -0.4 is 4.72 Å². The van der Waals surface area contributed by atoms with E-state index in [4.69, 9.17) is 4.74 Å². The summed E-state index contributed by atoms with van der Waals surface area (Å²) in [6.45, 7) is 1.66. The van der Waals surface area contributed by atoms with Crippen LogP contribution in [0.2, 0.25) is 0 Å². The Kier molecular flexibility index (Phi) is 5.73. The van der Waals surface area contributed by atoms with Crippen LogP contribution in [0.15, 0.2) is 30.3 Å². The molecule has 0 saturated carbocycles. The molecule has 0 radical (unpaired) electrons. The molecule has 1 aliphatic rings. The smallest absolute Gasteiger partial charge is 0.341 e. The SMILES string of the molecule is CCOC(=O)c1cc(CN2C(=O)c3ccccc3C2=O)sc1NS(=O)(=O)N(C)C. The number of hydrogen-bond donors (Lipinski definition) is 1. The summed E-state index contributed by atoms with van der Waals surface area (Å²) in [4.78, 5) is 38.9. The summed E-state index contributed by atoms with van der Waals surface area (Å²) in [5.74, 6) is -1.58. The lowest BCUT2D eigenvalue weighted by atomic mass is 10.1. The molecule has 1 aliphatic heterocycles. The highest BCUT2D eigenvalue weighted by atomic mass is 32.2. The van der Waals surface area contributed by atoms with Gasteiger partial charge in [-0.25, -0.2) is 4.79 Å². The standard InChI is InChI=1S/C18H19N3O6S2/c1-4-27-18(24)14-9-11(28-15(14)19-29(25,26)20(2)3)10-21-16(22)12-7-5-6-8-13(12)17(21)23/h5-9,19H,4,10H2,1-3H3. The number of imide groups is 1. The third-order valence-electron chi connectivity index (χ3n) is 4.17. The summed E-state index contributed by atoms with van der Waals surface area (Å²) in [7, 11) is -1.17. The molecule has 0 aliphatic carbocycles. The molecule has 0 fully saturated rings. The molecule has 0 unspecified atom stereocenters. The molecule has 2 amide bonds. The zero-order chi connectivity index (χ0) is 21.3. The first kappa shape index (κ1) is 21.0. The second-order valence-corrected chi connectivity index (χ2v) is 9.33. The van der Waals surface area contributed by atoms with Crippen LogP contribution in [0.3, 0.4) is 0 Å². The number of nitrogens with zero attached hydrogens (tertiary/aromatic N) is 2. The highest BCUT2D eigenvalue weighted by molar-refractivity contribution is 7.90. The average molecular weight is 437 g/mol. The highest BCUT2D eigenvalue weighted by Gasteiger charge is 2.35. The summed E-state index contributed by atoms with van der Waals surface area (Å²) in [5.41, 5.74) is 0.648. The number of ether oxygens (including phenoxy) is 1. The number of carbonyl (C=O) groups excluding carboxylic acids is 3. The second-order valence-electron chi connectivity index (χ2n) is 6.31. The van der Waals surface area contributed by atoms with Crippen LogP contribution in [0.5, 0.6) is 0 Å². The van der Waals surface area contributed by atoms with E-state index in [1.165, 1.54) is 20.2 Å². The van der Waals surface area contributed by atoms with Gasteiger partial charge in [0.05, 0.1) is 29.8 Å². The molecule has 1 aromatic carbocycles. The van der Waals surface area contributed by atoms with Gasteiger partial charge in [-0.2, -0.15) is 12.7 Å². The molecule has 0 atom stereocenters. The first-order valence-electron chi connectivity index (χ1n) is 8.61. The van der Waals surface area contributed by atoms with Crippen LogP contribution in [-0.4, -0.2) is 56.1 Å². The van der Waals surface area contributed by atoms with E-state index in [9.17, 15) is 22.8 Å². The van der Waals surface area contributed by atoms with E-state index in [0.717, 1.165) is 20.5 Å². The van der Waals surface area contributed by atoms with Gasteiger partial charge < -0.3 is 4.74 Å². The largest absolute Gasteiger partial charge is 0.462 e. The van der Waals surface area contributed by atoms with E-state index in [1.807, 2.05) is 0 Å². The fraction of sp³-hybridized carbons (Fsp3) is 0.278. The van der Waals surface area contributed by atoms with Crippen LogP contribution in [0.4, 0.5) is 5.00 Å². The predicted molar refractivity (Wildman–Crippen MR) is 107 cm³/mol. The first-order chi connectivity index (χ1) is 13.7. The number of carbonyl (C=O) groups is 3. The molecular weight excluding hydrogens is 418 g/mol. The lowest BCUT2D eigenvalue weighted by Crippen LogP contribution is -2.29.